The van der Waals surface area contributed by atoms with E-state index in [1.165, 1.54) is 10.4 Å². The van der Waals surface area contributed by atoms with E-state index >= 15 is 0 Å². The van der Waals surface area contributed by atoms with Gasteiger partial charge in [0.25, 0.3) is 0 Å². The Balaban J connectivity index is 0.00000280. The number of anilines is 1. The van der Waals surface area contributed by atoms with Crippen LogP contribution in [0.5, 0.6) is 0 Å². The van der Waals surface area contributed by atoms with Gasteiger partial charge in [0.05, 0.1) is 12.7 Å². The van der Waals surface area contributed by atoms with E-state index in [1.54, 1.807) is 11.3 Å². The quantitative estimate of drug-likeness (QED) is 0.364. The highest BCUT2D eigenvalue weighted by Crippen LogP contribution is 2.16. The van der Waals surface area contributed by atoms with Gasteiger partial charge in [0.2, 0.25) is 0 Å². The van der Waals surface area contributed by atoms with Gasteiger partial charge in [-0.15, -0.1) is 35.3 Å². The number of morpholine rings is 1. The molecule has 0 saturated carbocycles. The molecule has 3 heterocycles. The van der Waals surface area contributed by atoms with Crippen molar-refractivity contribution in [2.75, 3.05) is 45.2 Å². The molecule has 2 aromatic heterocycles. The van der Waals surface area contributed by atoms with Crippen molar-refractivity contribution >= 4 is 47.1 Å². The fraction of sp³-hybridized carbons (Fsp3) is 0.500. The predicted octanol–water partition coefficient (Wildman–Crippen LogP) is 3.24. The van der Waals surface area contributed by atoms with Crippen molar-refractivity contribution in [2.45, 2.75) is 26.0 Å². The standard InChI is InChI=1S/C20H29N5OS.HI/c1-16-15-25(10-11-26-16)19-13-17(6-8-22-19)14-23-20(21-2)24(3)9-7-18-5-4-12-27-18;/h4-6,8,12-13,16H,7,9-11,14-15H2,1-3H3,(H,21,23);1H. The van der Waals surface area contributed by atoms with E-state index in [2.05, 4.69) is 68.7 Å². The number of thiophene rings is 1. The Morgan fingerprint density at radius 1 is 1.46 bits per heavy atom. The van der Waals surface area contributed by atoms with Crippen molar-refractivity contribution in [1.29, 1.82) is 0 Å². The molecule has 0 spiro atoms. The first-order valence-corrected chi connectivity index (χ1v) is 10.3. The van der Waals surface area contributed by atoms with E-state index in [9.17, 15) is 0 Å². The number of nitrogens with zero attached hydrogens (tertiary/aromatic N) is 4. The van der Waals surface area contributed by atoms with E-state index in [1.807, 2.05) is 13.2 Å². The van der Waals surface area contributed by atoms with Crippen molar-refractivity contribution in [1.82, 2.24) is 15.2 Å². The fourth-order valence-corrected chi connectivity index (χ4v) is 3.87. The van der Waals surface area contributed by atoms with E-state index in [-0.39, 0.29) is 30.1 Å². The third kappa shape index (κ3) is 6.59. The summed E-state index contributed by atoms with van der Waals surface area (Å²) in [7, 11) is 3.91. The minimum absolute atomic E-state index is 0. The topological polar surface area (TPSA) is 53.0 Å². The second kappa shape index (κ2) is 11.6. The molecule has 6 nitrogen and oxygen atoms in total. The number of guanidine groups is 1. The molecule has 0 radical (unpaired) electrons. The van der Waals surface area contributed by atoms with Gasteiger partial charge >= 0.3 is 0 Å². The molecule has 0 bridgehead atoms. The number of nitrogens with one attached hydrogen (secondary N) is 1. The van der Waals surface area contributed by atoms with Crippen LogP contribution in [0.3, 0.4) is 0 Å². The second-order valence-corrected chi connectivity index (χ2v) is 7.83. The molecule has 1 saturated heterocycles. The molecule has 1 fully saturated rings. The molecule has 154 valence electrons. The average Bonchev–Trinajstić information content (AvgIpc) is 3.21. The highest BCUT2D eigenvalue weighted by Gasteiger charge is 2.18. The molecule has 1 N–H and O–H groups in total. The van der Waals surface area contributed by atoms with Gasteiger partial charge in [0.15, 0.2) is 5.96 Å². The minimum atomic E-state index is 0. The average molecular weight is 515 g/mol. The molecular formula is C20H30IN5OS. The predicted molar refractivity (Wildman–Crippen MR) is 128 cm³/mol. The molecule has 28 heavy (non-hydrogen) atoms. The van der Waals surface area contributed by atoms with Crippen LogP contribution in [0.1, 0.15) is 17.4 Å². The summed E-state index contributed by atoms with van der Waals surface area (Å²) in [5.41, 5.74) is 1.20. The molecule has 0 aromatic carbocycles. The number of ether oxygens (including phenoxy) is 1. The van der Waals surface area contributed by atoms with Crippen LogP contribution < -0.4 is 10.2 Å². The van der Waals surface area contributed by atoms with Crippen LogP contribution in [0.15, 0.2) is 40.8 Å². The number of aromatic nitrogens is 1. The molecule has 0 aliphatic carbocycles. The molecule has 1 aliphatic rings. The largest absolute Gasteiger partial charge is 0.375 e. The fourth-order valence-electron chi connectivity index (χ4n) is 3.17. The minimum Gasteiger partial charge on any atom is -0.375 e. The third-order valence-electron chi connectivity index (χ3n) is 4.67. The van der Waals surface area contributed by atoms with E-state index in [0.717, 1.165) is 51.0 Å². The Morgan fingerprint density at radius 3 is 3.04 bits per heavy atom. The lowest BCUT2D eigenvalue weighted by Crippen LogP contribution is -2.41. The number of rotatable bonds is 6. The summed E-state index contributed by atoms with van der Waals surface area (Å²) in [6, 6.07) is 8.49. The van der Waals surface area contributed by atoms with Gasteiger partial charge in [-0.3, -0.25) is 4.99 Å². The van der Waals surface area contributed by atoms with Crippen molar-refractivity contribution in [2.24, 2.45) is 4.99 Å². The van der Waals surface area contributed by atoms with Gasteiger partial charge in [0.1, 0.15) is 5.82 Å². The van der Waals surface area contributed by atoms with Gasteiger partial charge in [-0.2, -0.15) is 0 Å². The highest BCUT2D eigenvalue weighted by molar-refractivity contribution is 14.0. The third-order valence-corrected chi connectivity index (χ3v) is 5.61. The zero-order valence-electron chi connectivity index (χ0n) is 16.8. The first kappa shape index (κ1) is 22.9. The maximum atomic E-state index is 5.63. The first-order valence-electron chi connectivity index (χ1n) is 9.41. The summed E-state index contributed by atoms with van der Waals surface area (Å²) in [5.74, 6) is 1.93. The van der Waals surface area contributed by atoms with Crippen LogP contribution in [0.4, 0.5) is 5.82 Å². The van der Waals surface area contributed by atoms with Crippen LogP contribution in [0, 0.1) is 0 Å². The Kier molecular flexibility index (Phi) is 9.46. The lowest BCUT2D eigenvalue weighted by atomic mass is 10.2. The molecule has 0 amide bonds. The Labute approximate surface area is 189 Å². The summed E-state index contributed by atoms with van der Waals surface area (Å²) >= 11 is 1.80. The number of likely N-dealkylation sites (N-methyl/N-ethyl adjacent to an activating group) is 1. The number of aliphatic imine (C=N–C) groups is 1. The molecular weight excluding hydrogens is 485 g/mol. The number of hydrogen-bond donors (Lipinski definition) is 1. The zero-order chi connectivity index (χ0) is 19.1. The van der Waals surface area contributed by atoms with E-state index < -0.39 is 0 Å². The second-order valence-electron chi connectivity index (χ2n) is 6.80. The molecule has 8 heteroatoms. The van der Waals surface area contributed by atoms with Crippen LogP contribution >= 0.6 is 35.3 Å². The normalized spacial score (nSPS) is 17.2. The van der Waals surface area contributed by atoms with Gasteiger partial charge in [-0.25, -0.2) is 4.98 Å². The van der Waals surface area contributed by atoms with Crippen LogP contribution in [-0.2, 0) is 17.7 Å². The van der Waals surface area contributed by atoms with Crippen LogP contribution in [0.2, 0.25) is 0 Å². The van der Waals surface area contributed by atoms with Gasteiger partial charge in [-0.05, 0) is 42.5 Å². The van der Waals surface area contributed by atoms with Crippen molar-refractivity contribution in [3.05, 3.63) is 46.3 Å². The maximum absolute atomic E-state index is 5.63. The summed E-state index contributed by atoms with van der Waals surface area (Å²) in [6.45, 7) is 6.30. The van der Waals surface area contributed by atoms with Crippen molar-refractivity contribution in [3.8, 4) is 0 Å². The van der Waals surface area contributed by atoms with Gasteiger partial charge < -0.3 is 19.9 Å². The van der Waals surface area contributed by atoms with Crippen molar-refractivity contribution in [3.63, 3.8) is 0 Å². The van der Waals surface area contributed by atoms with Gasteiger partial charge in [-0.1, -0.05) is 6.07 Å². The monoisotopic (exact) mass is 515 g/mol. The lowest BCUT2D eigenvalue weighted by molar-refractivity contribution is 0.0529. The number of pyridine rings is 1. The van der Waals surface area contributed by atoms with E-state index in [4.69, 9.17) is 4.74 Å². The van der Waals surface area contributed by atoms with Crippen LogP contribution in [0.25, 0.3) is 0 Å². The smallest absolute Gasteiger partial charge is 0.193 e. The first-order chi connectivity index (χ1) is 13.2. The molecule has 1 atom stereocenters. The number of halogens is 1. The Morgan fingerprint density at radius 2 is 2.32 bits per heavy atom. The molecule has 2 aromatic rings. The molecule has 3 rings (SSSR count). The maximum Gasteiger partial charge on any atom is 0.193 e. The van der Waals surface area contributed by atoms with E-state index in [0.29, 0.717) is 0 Å². The summed E-state index contributed by atoms with van der Waals surface area (Å²) in [6.07, 6.45) is 3.16. The van der Waals surface area contributed by atoms with Crippen LogP contribution in [-0.4, -0.2) is 62.3 Å². The zero-order valence-corrected chi connectivity index (χ0v) is 19.9. The lowest BCUT2D eigenvalue weighted by Gasteiger charge is -2.32. The SMILES string of the molecule is CN=C(NCc1ccnc(N2CCOC(C)C2)c1)N(C)CCc1cccs1.I. The molecule has 1 aliphatic heterocycles. The number of hydrogen-bond acceptors (Lipinski definition) is 5. The Bertz CT molecular complexity index is 740. The molecule has 1 unspecified atom stereocenters. The Hall–Kier alpha value is -1.39. The van der Waals surface area contributed by atoms with Crippen molar-refractivity contribution < 1.29 is 4.74 Å². The van der Waals surface area contributed by atoms with Gasteiger partial charge in [0, 0.05) is 51.3 Å². The summed E-state index contributed by atoms with van der Waals surface area (Å²) in [5, 5.41) is 5.59. The highest BCUT2D eigenvalue weighted by atomic mass is 127. The summed E-state index contributed by atoms with van der Waals surface area (Å²) in [4.78, 5) is 14.8. The summed E-state index contributed by atoms with van der Waals surface area (Å²) < 4.78 is 5.63.